The topological polar surface area (TPSA) is 116 Å². The SMILES string of the molecule is COc1ccccc1Cc1nc(-c2nc(N)nc(N(C)c3ccccc3)n2)no1. The number of methoxy groups -OCH3 is 1. The van der Waals surface area contributed by atoms with Crippen molar-refractivity contribution in [2.24, 2.45) is 0 Å². The molecule has 0 aliphatic heterocycles. The van der Waals surface area contributed by atoms with E-state index < -0.39 is 0 Å². The lowest BCUT2D eigenvalue weighted by atomic mass is 10.1. The Labute approximate surface area is 167 Å². The monoisotopic (exact) mass is 389 g/mol. The molecule has 0 atom stereocenters. The quantitative estimate of drug-likeness (QED) is 0.531. The molecule has 0 spiro atoms. The standard InChI is InChI=1S/C20H19N7O2/c1-27(14-9-4-3-5-10-14)20-24-17(23-19(21)25-20)18-22-16(29-26-18)12-13-8-6-7-11-15(13)28-2/h3-11H,12H2,1-2H3,(H2,21,23,24,25). The number of anilines is 3. The molecule has 9 heteroatoms. The lowest BCUT2D eigenvalue weighted by molar-refractivity contribution is 0.379. The summed E-state index contributed by atoms with van der Waals surface area (Å²) in [7, 11) is 3.47. The van der Waals surface area contributed by atoms with Gasteiger partial charge in [0.25, 0.3) is 0 Å². The fraction of sp³-hybridized carbons (Fsp3) is 0.150. The van der Waals surface area contributed by atoms with Crippen molar-refractivity contribution in [1.82, 2.24) is 25.1 Å². The molecule has 4 rings (SSSR count). The second-order valence-corrected chi connectivity index (χ2v) is 6.21. The Kier molecular flexibility index (Phi) is 5.02. The van der Waals surface area contributed by atoms with Gasteiger partial charge in [0.2, 0.25) is 29.4 Å². The number of para-hydroxylation sites is 2. The van der Waals surface area contributed by atoms with Crippen LogP contribution in [0.3, 0.4) is 0 Å². The summed E-state index contributed by atoms with van der Waals surface area (Å²) in [6.07, 6.45) is 0.425. The lowest BCUT2D eigenvalue weighted by Gasteiger charge is -2.17. The van der Waals surface area contributed by atoms with Gasteiger partial charge in [0.05, 0.1) is 13.5 Å². The van der Waals surface area contributed by atoms with Gasteiger partial charge in [-0.1, -0.05) is 41.6 Å². The van der Waals surface area contributed by atoms with Crippen molar-refractivity contribution >= 4 is 17.6 Å². The first kappa shape index (κ1) is 18.4. The van der Waals surface area contributed by atoms with Gasteiger partial charge in [0, 0.05) is 18.3 Å². The molecule has 29 heavy (non-hydrogen) atoms. The molecule has 0 radical (unpaired) electrons. The minimum absolute atomic E-state index is 0.0730. The Balaban J connectivity index is 1.62. The summed E-state index contributed by atoms with van der Waals surface area (Å²) in [5.74, 6) is 2.11. The number of hydrogen-bond acceptors (Lipinski definition) is 9. The molecule has 4 aromatic rings. The van der Waals surface area contributed by atoms with E-state index in [0.717, 1.165) is 17.0 Å². The summed E-state index contributed by atoms with van der Waals surface area (Å²) in [6, 6.07) is 17.3. The van der Waals surface area contributed by atoms with E-state index in [-0.39, 0.29) is 17.6 Å². The molecule has 9 nitrogen and oxygen atoms in total. The van der Waals surface area contributed by atoms with E-state index in [4.69, 9.17) is 15.0 Å². The molecule has 2 heterocycles. The first-order valence-corrected chi connectivity index (χ1v) is 8.89. The largest absolute Gasteiger partial charge is 0.496 e. The number of nitrogens with zero attached hydrogens (tertiary/aromatic N) is 6. The van der Waals surface area contributed by atoms with Crippen LogP contribution in [-0.2, 0) is 6.42 Å². The molecule has 0 amide bonds. The van der Waals surface area contributed by atoms with Crippen LogP contribution in [0, 0.1) is 0 Å². The third-order valence-corrected chi connectivity index (χ3v) is 4.29. The second kappa shape index (κ2) is 7.93. The molecule has 146 valence electrons. The van der Waals surface area contributed by atoms with Crippen LogP contribution in [0.4, 0.5) is 17.6 Å². The van der Waals surface area contributed by atoms with Gasteiger partial charge in [0.1, 0.15) is 5.75 Å². The molecular formula is C20H19N7O2. The molecule has 2 aromatic heterocycles. The van der Waals surface area contributed by atoms with Gasteiger partial charge >= 0.3 is 0 Å². The van der Waals surface area contributed by atoms with Crippen LogP contribution in [0.2, 0.25) is 0 Å². The van der Waals surface area contributed by atoms with Crippen molar-refractivity contribution < 1.29 is 9.26 Å². The Morgan fingerprint density at radius 2 is 1.69 bits per heavy atom. The maximum atomic E-state index is 5.89. The summed E-state index contributed by atoms with van der Waals surface area (Å²) in [5.41, 5.74) is 7.74. The summed E-state index contributed by atoms with van der Waals surface area (Å²) in [5, 5.41) is 4.00. The lowest BCUT2D eigenvalue weighted by Crippen LogP contribution is -2.15. The van der Waals surface area contributed by atoms with E-state index in [0.29, 0.717) is 18.3 Å². The molecule has 0 unspecified atom stereocenters. The van der Waals surface area contributed by atoms with Gasteiger partial charge in [-0.2, -0.15) is 19.9 Å². The van der Waals surface area contributed by atoms with E-state index in [1.807, 2.05) is 61.6 Å². The number of rotatable bonds is 6. The Morgan fingerprint density at radius 3 is 2.48 bits per heavy atom. The number of aromatic nitrogens is 5. The minimum atomic E-state index is 0.0730. The van der Waals surface area contributed by atoms with Crippen molar-refractivity contribution in [2.75, 3.05) is 24.8 Å². The highest BCUT2D eigenvalue weighted by atomic mass is 16.5. The molecule has 2 aromatic carbocycles. The minimum Gasteiger partial charge on any atom is -0.496 e. The first-order valence-electron chi connectivity index (χ1n) is 8.89. The van der Waals surface area contributed by atoms with E-state index in [1.165, 1.54) is 0 Å². The van der Waals surface area contributed by atoms with Crippen LogP contribution in [0.5, 0.6) is 5.75 Å². The number of nitrogens with two attached hydrogens (primary N) is 1. The van der Waals surface area contributed by atoms with E-state index >= 15 is 0 Å². The van der Waals surface area contributed by atoms with Crippen LogP contribution >= 0.6 is 0 Å². The maximum Gasteiger partial charge on any atom is 0.240 e. The molecule has 0 saturated heterocycles. The summed E-state index contributed by atoms with van der Waals surface area (Å²) < 4.78 is 10.7. The molecule has 0 fully saturated rings. The van der Waals surface area contributed by atoms with Crippen molar-refractivity contribution in [3.63, 3.8) is 0 Å². The van der Waals surface area contributed by atoms with Gasteiger partial charge < -0.3 is 19.9 Å². The van der Waals surface area contributed by atoms with Gasteiger partial charge in [0.15, 0.2) is 0 Å². The fourth-order valence-corrected chi connectivity index (χ4v) is 2.83. The van der Waals surface area contributed by atoms with E-state index in [9.17, 15) is 0 Å². The van der Waals surface area contributed by atoms with Crippen LogP contribution in [-0.4, -0.2) is 39.3 Å². The fourth-order valence-electron chi connectivity index (χ4n) is 2.83. The predicted octanol–water partition coefficient (Wildman–Crippen LogP) is 2.87. The van der Waals surface area contributed by atoms with E-state index in [1.54, 1.807) is 12.0 Å². The van der Waals surface area contributed by atoms with Crippen molar-refractivity contribution in [1.29, 1.82) is 0 Å². The third kappa shape index (κ3) is 3.98. The van der Waals surface area contributed by atoms with E-state index in [2.05, 4.69) is 25.1 Å². The van der Waals surface area contributed by atoms with Crippen LogP contribution in [0.25, 0.3) is 11.6 Å². The smallest absolute Gasteiger partial charge is 0.240 e. The summed E-state index contributed by atoms with van der Waals surface area (Å²) in [4.78, 5) is 19.0. The Bertz CT molecular complexity index is 1110. The highest BCUT2D eigenvalue weighted by Crippen LogP contribution is 2.24. The number of ether oxygens (including phenoxy) is 1. The zero-order chi connectivity index (χ0) is 20.2. The van der Waals surface area contributed by atoms with Gasteiger partial charge in [-0.05, 0) is 18.2 Å². The van der Waals surface area contributed by atoms with Crippen molar-refractivity contribution in [3.05, 3.63) is 66.1 Å². The molecule has 0 saturated carbocycles. The molecule has 0 bridgehead atoms. The second-order valence-electron chi connectivity index (χ2n) is 6.21. The number of nitrogen functional groups attached to an aromatic ring is 1. The zero-order valence-corrected chi connectivity index (χ0v) is 16.0. The number of hydrogen-bond donors (Lipinski definition) is 1. The molecule has 2 N–H and O–H groups in total. The van der Waals surface area contributed by atoms with Gasteiger partial charge in [-0.3, -0.25) is 0 Å². The molecule has 0 aliphatic rings. The van der Waals surface area contributed by atoms with Crippen molar-refractivity contribution in [2.45, 2.75) is 6.42 Å². The zero-order valence-electron chi connectivity index (χ0n) is 16.0. The van der Waals surface area contributed by atoms with Crippen LogP contribution < -0.4 is 15.4 Å². The first-order chi connectivity index (χ1) is 14.1. The van der Waals surface area contributed by atoms with Gasteiger partial charge in [-0.15, -0.1) is 0 Å². The third-order valence-electron chi connectivity index (χ3n) is 4.29. The maximum absolute atomic E-state index is 5.89. The normalized spacial score (nSPS) is 10.7. The molecular weight excluding hydrogens is 370 g/mol. The van der Waals surface area contributed by atoms with Gasteiger partial charge in [-0.25, -0.2) is 0 Å². The molecule has 0 aliphatic carbocycles. The number of benzene rings is 2. The highest BCUT2D eigenvalue weighted by Gasteiger charge is 2.17. The van der Waals surface area contributed by atoms with Crippen LogP contribution in [0.1, 0.15) is 11.5 Å². The van der Waals surface area contributed by atoms with Crippen molar-refractivity contribution in [3.8, 4) is 17.4 Å². The average Bonchev–Trinajstić information content (AvgIpc) is 3.22. The summed E-state index contributed by atoms with van der Waals surface area (Å²) in [6.45, 7) is 0. The Morgan fingerprint density at radius 1 is 0.931 bits per heavy atom. The van der Waals surface area contributed by atoms with Crippen LogP contribution in [0.15, 0.2) is 59.1 Å². The predicted molar refractivity (Wildman–Crippen MR) is 108 cm³/mol. The summed E-state index contributed by atoms with van der Waals surface area (Å²) >= 11 is 0. The average molecular weight is 389 g/mol. The highest BCUT2D eigenvalue weighted by molar-refractivity contribution is 5.59. The Hall–Kier alpha value is -4.01.